The van der Waals surface area contributed by atoms with Gasteiger partial charge in [0, 0.05) is 17.5 Å². The highest BCUT2D eigenvalue weighted by atomic mass is 16.1. The molecule has 1 heterocycles. The Labute approximate surface area is 137 Å². The van der Waals surface area contributed by atoms with Gasteiger partial charge in [-0.25, -0.2) is 4.98 Å². The molecule has 4 rings (SSSR count). The van der Waals surface area contributed by atoms with E-state index in [9.17, 15) is 4.79 Å². The summed E-state index contributed by atoms with van der Waals surface area (Å²) in [6.45, 7) is 0. The number of fused-ring (bicyclic) bond motifs is 1. The molecule has 0 saturated heterocycles. The Bertz CT molecular complexity index is 722. The fourth-order valence-electron chi connectivity index (χ4n) is 4.47. The number of benzene rings is 1. The topological polar surface area (TPSA) is 60.9 Å². The van der Waals surface area contributed by atoms with Gasteiger partial charge in [-0.05, 0) is 43.9 Å². The van der Waals surface area contributed by atoms with Gasteiger partial charge in [0.05, 0.1) is 11.0 Å². The molecule has 2 saturated carbocycles. The van der Waals surface area contributed by atoms with E-state index in [1.54, 1.807) is 0 Å². The lowest BCUT2D eigenvalue weighted by atomic mass is 9.88. The van der Waals surface area contributed by atoms with Gasteiger partial charge in [-0.1, -0.05) is 32.1 Å². The van der Waals surface area contributed by atoms with Crippen LogP contribution < -0.4 is 5.73 Å². The predicted molar refractivity (Wildman–Crippen MR) is 91.6 cm³/mol. The summed E-state index contributed by atoms with van der Waals surface area (Å²) in [7, 11) is 0. The first kappa shape index (κ1) is 14.7. The van der Waals surface area contributed by atoms with Crippen LogP contribution in [0, 0.1) is 0 Å². The second kappa shape index (κ2) is 5.99. The van der Waals surface area contributed by atoms with Crippen LogP contribution in [0.3, 0.4) is 0 Å². The Morgan fingerprint density at radius 1 is 1.04 bits per heavy atom. The molecule has 0 aliphatic heterocycles. The minimum Gasteiger partial charge on any atom is -0.366 e. The maximum atomic E-state index is 11.5. The smallest absolute Gasteiger partial charge is 0.248 e. The van der Waals surface area contributed by atoms with Crippen LogP contribution in [-0.2, 0) is 0 Å². The predicted octanol–water partition coefficient (Wildman–Crippen LogP) is 4.30. The highest BCUT2D eigenvalue weighted by molar-refractivity contribution is 5.96. The maximum Gasteiger partial charge on any atom is 0.248 e. The van der Waals surface area contributed by atoms with Crippen molar-refractivity contribution in [2.45, 2.75) is 69.7 Å². The largest absolute Gasteiger partial charge is 0.366 e. The van der Waals surface area contributed by atoms with Gasteiger partial charge >= 0.3 is 0 Å². The average molecular weight is 311 g/mol. The van der Waals surface area contributed by atoms with E-state index in [2.05, 4.69) is 4.57 Å². The quantitative estimate of drug-likeness (QED) is 0.918. The fraction of sp³-hybridized carbons (Fsp3) is 0.579. The van der Waals surface area contributed by atoms with E-state index < -0.39 is 0 Å². The van der Waals surface area contributed by atoms with Crippen molar-refractivity contribution in [2.24, 2.45) is 5.73 Å². The van der Waals surface area contributed by atoms with Crippen molar-refractivity contribution in [3.63, 3.8) is 0 Å². The number of aromatic nitrogens is 2. The monoisotopic (exact) mass is 311 g/mol. The Hall–Kier alpha value is -1.84. The third kappa shape index (κ3) is 2.64. The number of amides is 1. The molecule has 23 heavy (non-hydrogen) atoms. The van der Waals surface area contributed by atoms with Crippen molar-refractivity contribution < 1.29 is 4.79 Å². The van der Waals surface area contributed by atoms with E-state index in [0.29, 0.717) is 17.5 Å². The lowest BCUT2D eigenvalue weighted by molar-refractivity contribution is 0.100. The molecule has 1 aromatic heterocycles. The number of hydrogen-bond acceptors (Lipinski definition) is 2. The molecule has 0 spiro atoms. The molecule has 4 heteroatoms. The number of carbonyl (C=O) groups excluding carboxylic acids is 1. The van der Waals surface area contributed by atoms with Crippen molar-refractivity contribution in [2.75, 3.05) is 0 Å². The molecule has 1 amide bonds. The molecular formula is C19H25N3O. The molecule has 1 aromatic carbocycles. The van der Waals surface area contributed by atoms with Gasteiger partial charge in [-0.3, -0.25) is 4.79 Å². The van der Waals surface area contributed by atoms with Crippen LogP contribution in [-0.4, -0.2) is 15.5 Å². The Kier molecular flexibility index (Phi) is 3.83. The van der Waals surface area contributed by atoms with E-state index in [4.69, 9.17) is 10.7 Å². The Balaban J connectivity index is 1.84. The molecule has 2 fully saturated rings. The first-order valence-electron chi connectivity index (χ1n) is 9.06. The lowest BCUT2D eigenvalue weighted by Gasteiger charge is -2.25. The van der Waals surface area contributed by atoms with E-state index in [1.165, 1.54) is 69.1 Å². The molecule has 0 atom stereocenters. The fourth-order valence-corrected chi connectivity index (χ4v) is 4.47. The average Bonchev–Trinajstić information content (AvgIpc) is 3.21. The maximum absolute atomic E-state index is 11.5. The zero-order valence-electron chi connectivity index (χ0n) is 13.6. The van der Waals surface area contributed by atoms with Crippen molar-refractivity contribution in [1.29, 1.82) is 0 Å². The van der Waals surface area contributed by atoms with Crippen molar-refractivity contribution in [1.82, 2.24) is 9.55 Å². The van der Waals surface area contributed by atoms with Crippen LogP contribution in [0.15, 0.2) is 18.2 Å². The highest BCUT2D eigenvalue weighted by Gasteiger charge is 2.27. The van der Waals surface area contributed by atoms with E-state index in [-0.39, 0.29) is 5.91 Å². The first-order valence-corrected chi connectivity index (χ1v) is 9.06. The highest BCUT2D eigenvalue weighted by Crippen LogP contribution is 2.39. The number of rotatable bonds is 3. The van der Waals surface area contributed by atoms with E-state index in [0.717, 1.165) is 5.52 Å². The van der Waals surface area contributed by atoms with Gasteiger partial charge in [-0.15, -0.1) is 0 Å². The zero-order chi connectivity index (χ0) is 15.8. The van der Waals surface area contributed by atoms with E-state index in [1.807, 2.05) is 18.2 Å². The Morgan fingerprint density at radius 3 is 2.43 bits per heavy atom. The summed E-state index contributed by atoms with van der Waals surface area (Å²) in [5.41, 5.74) is 8.12. The van der Waals surface area contributed by atoms with Crippen LogP contribution in [0.1, 0.15) is 85.9 Å². The number of primary amides is 1. The minimum atomic E-state index is -0.374. The number of nitrogens with zero attached hydrogens (tertiary/aromatic N) is 2. The number of carbonyl (C=O) groups is 1. The molecule has 2 N–H and O–H groups in total. The molecular weight excluding hydrogens is 286 g/mol. The third-order valence-corrected chi connectivity index (χ3v) is 5.66. The van der Waals surface area contributed by atoms with Crippen LogP contribution >= 0.6 is 0 Å². The summed E-state index contributed by atoms with van der Waals surface area (Å²) in [6.07, 6.45) is 11.6. The molecule has 4 nitrogen and oxygen atoms in total. The van der Waals surface area contributed by atoms with Crippen molar-refractivity contribution in [3.8, 4) is 0 Å². The van der Waals surface area contributed by atoms with Gasteiger partial charge in [0.2, 0.25) is 5.91 Å². The minimum absolute atomic E-state index is 0.374. The SMILES string of the molecule is NC(=O)c1ccc2c(c1)nc(C1CCCCC1)n2C1CCCC1. The number of hydrogen-bond donors (Lipinski definition) is 1. The summed E-state index contributed by atoms with van der Waals surface area (Å²) in [6, 6.07) is 6.35. The van der Waals surface area contributed by atoms with Gasteiger partial charge in [-0.2, -0.15) is 0 Å². The summed E-state index contributed by atoms with van der Waals surface area (Å²) in [5, 5.41) is 0. The lowest BCUT2D eigenvalue weighted by Crippen LogP contribution is -2.15. The molecule has 2 aromatic rings. The molecule has 0 unspecified atom stereocenters. The van der Waals surface area contributed by atoms with Crippen LogP contribution in [0.5, 0.6) is 0 Å². The molecule has 0 radical (unpaired) electrons. The molecule has 122 valence electrons. The Morgan fingerprint density at radius 2 is 1.74 bits per heavy atom. The number of imidazole rings is 1. The third-order valence-electron chi connectivity index (χ3n) is 5.66. The number of nitrogens with two attached hydrogens (primary N) is 1. The zero-order valence-corrected chi connectivity index (χ0v) is 13.6. The standard InChI is InChI=1S/C19H25N3O/c20-18(23)14-10-11-17-16(12-14)21-19(13-6-2-1-3-7-13)22(17)15-8-4-5-9-15/h10-13,15H,1-9H2,(H2,20,23). The van der Waals surface area contributed by atoms with Gasteiger partial charge in [0.15, 0.2) is 0 Å². The van der Waals surface area contributed by atoms with E-state index >= 15 is 0 Å². The second-order valence-electron chi connectivity index (χ2n) is 7.18. The summed E-state index contributed by atoms with van der Waals surface area (Å²) < 4.78 is 2.50. The molecule has 2 aliphatic rings. The van der Waals surface area contributed by atoms with Gasteiger partial charge in [0.25, 0.3) is 0 Å². The summed E-state index contributed by atoms with van der Waals surface area (Å²) >= 11 is 0. The van der Waals surface area contributed by atoms with Crippen LogP contribution in [0.4, 0.5) is 0 Å². The van der Waals surface area contributed by atoms with Crippen LogP contribution in [0.25, 0.3) is 11.0 Å². The summed E-state index contributed by atoms with van der Waals surface area (Å²) in [4.78, 5) is 16.5. The van der Waals surface area contributed by atoms with Gasteiger partial charge in [0.1, 0.15) is 5.82 Å². The summed E-state index contributed by atoms with van der Waals surface area (Å²) in [5.74, 6) is 1.46. The second-order valence-corrected chi connectivity index (χ2v) is 7.18. The van der Waals surface area contributed by atoms with Crippen molar-refractivity contribution in [3.05, 3.63) is 29.6 Å². The first-order chi connectivity index (χ1) is 11.2. The molecule has 2 aliphatic carbocycles. The van der Waals surface area contributed by atoms with Crippen LogP contribution in [0.2, 0.25) is 0 Å². The van der Waals surface area contributed by atoms with Crippen molar-refractivity contribution >= 4 is 16.9 Å². The molecule has 0 bridgehead atoms. The van der Waals surface area contributed by atoms with Gasteiger partial charge < -0.3 is 10.3 Å². The normalized spacial score (nSPS) is 20.3.